The molecule has 0 saturated heterocycles. The molecule has 0 aromatic heterocycles. The minimum absolute atomic E-state index is 0.0805. The molecule has 2 unspecified atom stereocenters. The number of hydrogen-bond acceptors (Lipinski definition) is 4. The number of esters is 1. The van der Waals surface area contributed by atoms with Gasteiger partial charge in [0.2, 0.25) is 0 Å². The summed E-state index contributed by atoms with van der Waals surface area (Å²) in [6, 6.07) is 8.37. The fourth-order valence-corrected chi connectivity index (χ4v) is 2.57. The number of nitrogens with one attached hydrogen (secondary N) is 1. The summed E-state index contributed by atoms with van der Waals surface area (Å²) >= 11 is 0. The van der Waals surface area contributed by atoms with Crippen molar-refractivity contribution in [1.82, 2.24) is 5.32 Å². The number of benzene rings is 1. The smallest absolute Gasteiger partial charge is 0.325 e. The van der Waals surface area contributed by atoms with Gasteiger partial charge in [-0.3, -0.25) is 10.1 Å². The quantitative estimate of drug-likeness (QED) is 0.785. The molecule has 0 heterocycles. The minimum atomic E-state index is -0.694. The molecular weight excluding hydrogens is 266 g/mol. The van der Waals surface area contributed by atoms with Gasteiger partial charge in [-0.25, -0.2) is 0 Å². The van der Waals surface area contributed by atoms with E-state index in [1.54, 1.807) is 0 Å². The standard InChI is InChI=1S/C17H25NO3/c1-12-5-9-15(10-6-12)21-13(2)11-17(3,16(19)20-4)18-14-7-8-14/h5-6,9-10,13-14,18H,7-8,11H2,1-4H3. The van der Waals surface area contributed by atoms with Crippen LogP contribution in [0.15, 0.2) is 24.3 Å². The Morgan fingerprint density at radius 1 is 1.38 bits per heavy atom. The lowest BCUT2D eigenvalue weighted by Gasteiger charge is -2.31. The van der Waals surface area contributed by atoms with E-state index in [-0.39, 0.29) is 12.1 Å². The topological polar surface area (TPSA) is 47.6 Å². The fraction of sp³-hybridized carbons (Fsp3) is 0.588. The van der Waals surface area contributed by atoms with Crippen LogP contribution in [0.5, 0.6) is 5.75 Å². The molecule has 0 radical (unpaired) electrons. The van der Waals surface area contributed by atoms with Crippen molar-refractivity contribution in [1.29, 1.82) is 0 Å². The molecule has 1 aromatic rings. The number of methoxy groups -OCH3 is 1. The normalized spacial score (nSPS) is 18.7. The van der Waals surface area contributed by atoms with Crippen LogP contribution in [0, 0.1) is 6.92 Å². The van der Waals surface area contributed by atoms with Crippen LogP contribution in [0.4, 0.5) is 0 Å². The van der Waals surface area contributed by atoms with Crippen LogP contribution in [0.3, 0.4) is 0 Å². The Kier molecular flexibility index (Phi) is 4.88. The second-order valence-electron chi connectivity index (χ2n) is 6.19. The number of carbonyl (C=O) groups is 1. The maximum Gasteiger partial charge on any atom is 0.325 e. The Balaban J connectivity index is 1.98. The highest BCUT2D eigenvalue weighted by atomic mass is 16.5. The summed E-state index contributed by atoms with van der Waals surface area (Å²) in [6.07, 6.45) is 2.74. The van der Waals surface area contributed by atoms with Crippen molar-refractivity contribution in [3.05, 3.63) is 29.8 Å². The zero-order chi connectivity index (χ0) is 15.5. The predicted molar refractivity (Wildman–Crippen MR) is 82.5 cm³/mol. The van der Waals surface area contributed by atoms with Crippen LogP contribution in [0.2, 0.25) is 0 Å². The van der Waals surface area contributed by atoms with E-state index in [0.29, 0.717) is 12.5 Å². The number of hydrogen-bond donors (Lipinski definition) is 1. The number of carbonyl (C=O) groups excluding carboxylic acids is 1. The summed E-state index contributed by atoms with van der Waals surface area (Å²) in [4.78, 5) is 12.1. The number of aryl methyl sites for hydroxylation is 1. The third-order valence-corrected chi connectivity index (χ3v) is 3.79. The van der Waals surface area contributed by atoms with Gasteiger partial charge in [-0.2, -0.15) is 0 Å². The van der Waals surface area contributed by atoms with Gasteiger partial charge in [0.15, 0.2) is 0 Å². The van der Waals surface area contributed by atoms with Gasteiger partial charge in [0.25, 0.3) is 0 Å². The maximum absolute atomic E-state index is 12.1. The average Bonchev–Trinajstić information content (AvgIpc) is 3.23. The van der Waals surface area contributed by atoms with Crippen molar-refractivity contribution < 1.29 is 14.3 Å². The van der Waals surface area contributed by atoms with Gasteiger partial charge in [0.05, 0.1) is 13.2 Å². The molecule has 21 heavy (non-hydrogen) atoms. The second-order valence-corrected chi connectivity index (χ2v) is 6.19. The summed E-state index contributed by atoms with van der Waals surface area (Å²) < 4.78 is 10.9. The third-order valence-electron chi connectivity index (χ3n) is 3.79. The lowest BCUT2D eigenvalue weighted by atomic mass is 9.94. The highest BCUT2D eigenvalue weighted by Crippen LogP contribution is 2.27. The molecule has 1 N–H and O–H groups in total. The van der Waals surface area contributed by atoms with Crippen molar-refractivity contribution in [2.75, 3.05) is 7.11 Å². The average molecular weight is 291 g/mol. The minimum Gasteiger partial charge on any atom is -0.491 e. The number of rotatable bonds is 7. The van der Waals surface area contributed by atoms with Gasteiger partial charge in [-0.15, -0.1) is 0 Å². The first-order chi connectivity index (χ1) is 9.93. The van der Waals surface area contributed by atoms with Crippen molar-refractivity contribution in [3.8, 4) is 5.75 Å². The van der Waals surface area contributed by atoms with E-state index in [0.717, 1.165) is 18.6 Å². The van der Waals surface area contributed by atoms with E-state index in [1.165, 1.54) is 12.7 Å². The Bertz CT molecular complexity index is 481. The molecule has 1 saturated carbocycles. The summed E-state index contributed by atoms with van der Waals surface area (Å²) in [5.74, 6) is 0.598. The van der Waals surface area contributed by atoms with Crippen molar-refractivity contribution >= 4 is 5.97 Å². The van der Waals surface area contributed by atoms with E-state index < -0.39 is 5.54 Å². The largest absolute Gasteiger partial charge is 0.491 e. The molecule has 2 atom stereocenters. The first kappa shape index (κ1) is 15.8. The Labute approximate surface area is 126 Å². The van der Waals surface area contributed by atoms with E-state index >= 15 is 0 Å². The summed E-state index contributed by atoms with van der Waals surface area (Å²) in [6.45, 7) is 5.92. The van der Waals surface area contributed by atoms with E-state index in [4.69, 9.17) is 9.47 Å². The van der Waals surface area contributed by atoms with Crippen LogP contribution in [0.25, 0.3) is 0 Å². The zero-order valence-electron chi connectivity index (χ0n) is 13.3. The van der Waals surface area contributed by atoms with Crippen molar-refractivity contribution in [3.63, 3.8) is 0 Å². The Hall–Kier alpha value is -1.55. The molecular formula is C17H25NO3. The van der Waals surface area contributed by atoms with E-state index in [1.807, 2.05) is 45.0 Å². The Morgan fingerprint density at radius 3 is 2.52 bits per heavy atom. The lowest BCUT2D eigenvalue weighted by Crippen LogP contribution is -2.53. The number of ether oxygens (including phenoxy) is 2. The molecule has 0 spiro atoms. The first-order valence-corrected chi connectivity index (χ1v) is 7.52. The van der Waals surface area contributed by atoms with E-state index in [9.17, 15) is 4.79 Å². The molecule has 4 heteroatoms. The summed E-state index contributed by atoms with van der Waals surface area (Å²) in [5.41, 5.74) is 0.504. The van der Waals surface area contributed by atoms with Gasteiger partial charge in [-0.05, 0) is 45.7 Å². The molecule has 1 aromatic carbocycles. The summed E-state index contributed by atoms with van der Waals surface area (Å²) in [5, 5.41) is 3.39. The predicted octanol–water partition coefficient (Wildman–Crippen LogP) is 2.84. The van der Waals surface area contributed by atoms with Crippen molar-refractivity contribution in [2.24, 2.45) is 0 Å². The molecule has 0 bridgehead atoms. The molecule has 1 fully saturated rings. The van der Waals surface area contributed by atoms with Crippen LogP contribution >= 0.6 is 0 Å². The van der Waals surface area contributed by atoms with Gasteiger partial charge in [0.1, 0.15) is 11.3 Å². The SMILES string of the molecule is COC(=O)C(C)(CC(C)Oc1ccc(C)cc1)NC1CC1. The maximum atomic E-state index is 12.1. The van der Waals surface area contributed by atoms with Gasteiger partial charge in [0, 0.05) is 12.5 Å². The third kappa shape index (κ3) is 4.46. The van der Waals surface area contributed by atoms with Crippen LogP contribution in [0.1, 0.15) is 38.7 Å². The van der Waals surface area contributed by atoms with Crippen molar-refractivity contribution in [2.45, 2.75) is 57.7 Å². The highest BCUT2D eigenvalue weighted by molar-refractivity contribution is 5.80. The second kappa shape index (κ2) is 6.48. The van der Waals surface area contributed by atoms with E-state index in [2.05, 4.69) is 5.32 Å². The first-order valence-electron chi connectivity index (χ1n) is 7.52. The molecule has 2 rings (SSSR count). The molecule has 4 nitrogen and oxygen atoms in total. The molecule has 1 aliphatic rings. The van der Waals surface area contributed by atoms with Gasteiger partial charge >= 0.3 is 5.97 Å². The molecule has 0 aliphatic heterocycles. The molecule has 1 aliphatic carbocycles. The molecule has 116 valence electrons. The lowest BCUT2D eigenvalue weighted by molar-refractivity contribution is -0.149. The van der Waals surface area contributed by atoms with Crippen LogP contribution in [-0.2, 0) is 9.53 Å². The van der Waals surface area contributed by atoms with Gasteiger partial charge in [-0.1, -0.05) is 17.7 Å². The monoisotopic (exact) mass is 291 g/mol. The summed E-state index contributed by atoms with van der Waals surface area (Å²) in [7, 11) is 1.43. The Morgan fingerprint density at radius 2 is 2.00 bits per heavy atom. The van der Waals surface area contributed by atoms with Crippen LogP contribution in [-0.4, -0.2) is 30.8 Å². The highest BCUT2D eigenvalue weighted by Gasteiger charge is 2.40. The van der Waals surface area contributed by atoms with Crippen LogP contribution < -0.4 is 10.1 Å². The fourth-order valence-electron chi connectivity index (χ4n) is 2.57. The molecule has 0 amide bonds. The zero-order valence-corrected chi connectivity index (χ0v) is 13.3. The van der Waals surface area contributed by atoms with Gasteiger partial charge < -0.3 is 9.47 Å².